The van der Waals surface area contributed by atoms with Gasteiger partial charge in [0.2, 0.25) is 0 Å². The van der Waals surface area contributed by atoms with E-state index < -0.39 is 5.92 Å². The third kappa shape index (κ3) is 3.91. The number of pyridine rings is 1. The summed E-state index contributed by atoms with van der Waals surface area (Å²) in [6.45, 7) is 1.86. The number of aromatic nitrogens is 1. The summed E-state index contributed by atoms with van der Waals surface area (Å²) in [5, 5.41) is 6.18. The number of nitrogens with one attached hydrogen (secondary N) is 2. The second-order valence-electron chi connectivity index (χ2n) is 7.54. The summed E-state index contributed by atoms with van der Waals surface area (Å²) in [6, 6.07) is 10.8. The first-order valence-corrected chi connectivity index (χ1v) is 10.2. The summed E-state index contributed by atoms with van der Waals surface area (Å²) < 4.78 is 11.0. The van der Waals surface area contributed by atoms with E-state index in [1.54, 1.807) is 44.7 Å². The summed E-state index contributed by atoms with van der Waals surface area (Å²) in [6.07, 6.45) is 3.64. The van der Waals surface area contributed by atoms with Crippen molar-refractivity contribution in [2.75, 3.05) is 19.5 Å². The van der Waals surface area contributed by atoms with Gasteiger partial charge < -0.3 is 20.1 Å². The molecule has 7 nitrogen and oxygen atoms in total. The highest BCUT2D eigenvalue weighted by Crippen LogP contribution is 2.45. The maximum absolute atomic E-state index is 13.4. The fraction of sp³-hybridized carbons (Fsp3) is 0.292. The van der Waals surface area contributed by atoms with Crippen LogP contribution in [0.1, 0.15) is 37.7 Å². The van der Waals surface area contributed by atoms with Crippen LogP contribution in [0.15, 0.2) is 65.1 Å². The molecule has 1 aromatic heterocycles. The Morgan fingerprint density at radius 3 is 2.71 bits per heavy atom. The number of anilines is 1. The van der Waals surface area contributed by atoms with E-state index in [4.69, 9.17) is 9.47 Å². The van der Waals surface area contributed by atoms with Crippen LogP contribution < -0.4 is 20.1 Å². The van der Waals surface area contributed by atoms with E-state index in [0.717, 1.165) is 24.1 Å². The van der Waals surface area contributed by atoms with Crippen LogP contribution in [0.5, 0.6) is 11.5 Å². The molecule has 0 saturated heterocycles. The molecule has 1 aromatic carbocycles. The van der Waals surface area contributed by atoms with Gasteiger partial charge in [-0.15, -0.1) is 0 Å². The normalized spacial score (nSPS) is 18.3. The molecule has 0 unspecified atom stereocenters. The Kier molecular flexibility index (Phi) is 5.75. The molecule has 2 heterocycles. The van der Waals surface area contributed by atoms with Gasteiger partial charge in [0, 0.05) is 46.8 Å². The number of hydrogen-bond donors (Lipinski definition) is 2. The zero-order valence-electron chi connectivity index (χ0n) is 17.8. The van der Waals surface area contributed by atoms with Crippen LogP contribution in [0.25, 0.3) is 0 Å². The van der Waals surface area contributed by atoms with Crippen LogP contribution in [0.3, 0.4) is 0 Å². The summed E-state index contributed by atoms with van der Waals surface area (Å²) in [5.74, 6) is 0.840. The number of methoxy groups -OCH3 is 2. The molecule has 2 aromatic rings. The van der Waals surface area contributed by atoms with Gasteiger partial charge in [-0.25, -0.2) is 4.98 Å². The molecule has 1 amide bonds. The van der Waals surface area contributed by atoms with Crippen LogP contribution in [-0.4, -0.2) is 30.9 Å². The molecule has 1 aliphatic heterocycles. The molecule has 2 aliphatic rings. The van der Waals surface area contributed by atoms with Crippen LogP contribution in [0.2, 0.25) is 0 Å². The first kappa shape index (κ1) is 20.7. The quantitative estimate of drug-likeness (QED) is 0.768. The SMILES string of the molecule is COc1ccc([C@H]2C(C(=O)Nc3ccccn3)=C(C)NC3=C2C(=O)CCC3)c(OC)c1. The number of ether oxygens (including phenoxy) is 2. The van der Waals surface area contributed by atoms with Crippen molar-refractivity contribution in [1.29, 1.82) is 0 Å². The van der Waals surface area contributed by atoms with Gasteiger partial charge in [-0.3, -0.25) is 9.59 Å². The number of ketones is 1. The zero-order valence-corrected chi connectivity index (χ0v) is 17.8. The van der Waals surface area contributed by atoms with Gasteiger partial charge in [-0.1, -0.05) is 12.1 Å². The minimum Gasteiger partial charge on any atom is -0.497 e. The van der Waals surface area contributed by atoms with E-state index in [2.05, 4.69) is 15.6 Å². The van der Waals surface area contributed by atoms with Gasteiger partial charge >= 0.3 is 0 Å². The lowest BCUT2D eigenvalue weighted by Gasteiger charge is -2.35. The van der Waals surface area contributed by atoms with Crippen molar-refractivity contribution in [3.05, 3.63) is 70.7 Å². The zero-order chi connectivity index (χ0) is 22.0. The Bertz CT molecular complexity index is 1090. The summed E-state index contributed by atoms with van der Waals surface area (Å²) in [5.41, 5.74) is 3.45. The van der Waals surface area contributed by atoms with Crippen molar-refractivity contribution in [2.24, 2.45) is 0 Å². The number of nitrogens with zero attached hydrogens (tertiary/aromatic N) is 1. The Morgan fingerprint density at radius 1 is 1.16 bits per heavy atom. The van der Waals surface area contributed by atoms with Gasteiger partial charge in [0.15, 0.2) is 5.78 Å². The summed E-state index contributed by atoms with van der Waals surface area (Å²) >= 11 is 0. The Hall–Kier alpha value is -3.61. The second-order valence-corrected chi connectivity index (χ2v) is 7.54. The first-order valence-electron chi connectivity index (χ1n) is 10.2. The molecule has 0 saturated carbocycles. The predicted octanol–water partition coefficient (Wildman–Crippen LogP) is 3.71. The minimum atomic E-state index is -0.548. The average Bonchev–Trinajstić information content (AvgIpc) is 2.78. The summed E-state index contributed by atoms with van der Waals surface area (Å²) in [7, 11) is 3.15. The molecule has 0 radical (unpaired) electrons. The molecular weight excluding hydrogens is 394 g/mol. The third-order valence-electron chi connectivity index (χ3n) is 5.68. The van der Waals surface area contributed by atoms with E-state index >= 15 is 0 Å². The number of rotatable bonds is 5. The van der Waals surface area contributed by atoms with Crippen LogP contribution >= 0.6 is 0 Å². The van der Waals surface area contributed by atoms with Crippen molar-refractivity contribution in [1.82, 2.24) is 10.3 Å². The molecule has 1 aliphatic carbocycles. The van der Waals surface area contributed by atoms with Crippen LogP contribution in [0.4, 0.5) is 5.82 Å². The number of Topliss-reactive ketones (excluding diaryl/α,β-unsaturated/α-hetero) is 1. The van der Waals surface area contributed by atoms with Gasteiger partial charge in [0.25, 0.3) is 5.91 Å². The molecule has 160 valence electrons. The fourth-order valence-electron chi connectivity index (χ4n) is 4.27. The molecule has 2 N–H and O–H groups in total. The Morgan fingerprint density at radius 2 is 2.00 bits per heavy atom. The van der Waals surface area contributed by atoms with Crippen LogP contribution in [-0.2, 0) is 9.59 Å². The molecule has 0 fully saturated rings. The predicted molar refractivity (Wildman–Crippen MR) is 117 cm³/mol. The highest BCUT2D eigenvalue weighted by molar-refractivity contribution is 6.09. The first-order chi connectivity index (χ1) is 15.0. The van der Waals surface area contributed by atoms with Gasteiger partial charge in [-0.05, 0) is 38.0 Å². The number of dihydropyridines is 1. The van der Waals surface area contributed by atoms with E-state index in [0.29, 0.717) is 40.6 Å². The number of benzene rings is 1. The standard InChI is InChI=1S/C24H25N3O4/c1-14-21(24(29)27-20-9-4-5-12-25-20)22(23-17(26-14)7-6-8-18(23)28)16-11-10-15(30-2)13-19(16)31-3/h4-5,9-13,22,26H,6-8H2,1-3H3,(H,25,27,29)/t22-/m0/s1. The lowest BCUT2D eigenvalue weighted by atomic mass is 9.74. The monoisotopic (exact) mass is 419 g/mol. The average molecular weight is 419 g/mol. The third-order valence-corrected chi connectivity index (χ3v) is 5.68. The minimum absolute atomic E-state index is 0.0484. The number of carbonyl (C=O) groups is 2. The molecule has 4 rings (SSSR count). The fourth-order valence-corrected chi connectivity index (χ4v) is 4.27. The maximum atomic E-state index is 13.4. The number of allylic oxidation sites excluding steroid dienone is 3. The van der Waals surface area contributed by atoms with Crippen molar-refractivity contribution in [3.8, 4) is 11.5 Å². The molecular formula is C24H25N3O4. The van der Waals surface area contributed by atoms with Crippen molar-refractivity contribution in [2.45, 2.75) is 32.1 Å². The molecule has 0 spiro atoms. The second kappa shape index (κ2) is 8.63. The van der Waals surface area contributed by atoms with Crippen molar-refractivity contribution >= 4 is 17.5 Å². The highest BCUT2D eigenvalue weighted by Gasteiger charge is 2.39. The molecule has 1 atom stereocenters. The molecule has 0 bridgehead atoms. The number of carbonyl (C=O) groups excluding carboxylic acids is 2. The Labute approximate surface area is 181 Å². The largest absolute Gasteiger partial charge is 0.497 e. The van der Waals surface area contributed by atoms with Crippen LogP contribution in [0, 0.1) is 0 Å². The van der Waals surface area contributed by atoms with Crippen molar-refractivity contribution < 1.29 is 19.1 Å². The van der Waals surface area contributed by atoms with E-state index in [1.807, 2.05) is 19.1 Å². The lowest BCUT2D eigenvalue weighted by molar-refractivity contribution is -0.116. The summed E-state index contributed by atoms with van der Waals surface area (Å²) in [4.78, 5) is 30.6. The van der Waals surface area contributed by atoms with E-state index in [-0.39, 0.29) is 11.7 Å². The smallest absolute Gasteiger partial charge is 0.255 e. The number of amides is 1. The van der Waals surface area contributed by atoms with Crippen molar-refractivity contribution in [3.63, 3.8) is 0 Å². The topological polar surface area (TPSA) is 89.5 Å². The van der Waals surface area contributed by atoms with E-state index in [1.165, 1.54) is 0 Å². The van der Waals surface area contributed by atoms with Gasteiger partial charge in [0.05, 0.1) is 20.1 Å². The highest BCUT2D eigenvalue weighted by atomic mass is 16.5. The van der Waals surface area contributed by atoms with E-state index in [9.17, 15) is 9.59 Å². The Balaban J connectivity index is 1.85. The maximum Gasteiger partial charge on any atom is 0.255 e. The number of hydrogen-bond acceptors (Lipinski definition) is 6. The lowest BCUT2D eigenvalue weighted by Crippen LogP contribution is -2.35. The van der Waals surface area contributed by atoms with Gasteiger partial charge in [-0.2, -0.15) is 0 Å². The molecule has 31 heavy (non-hydrogen) atoms. The van der Waals surface area contributed by atoms with Gasteiger partial charge in [0.1, 0.15) is 17.3 Å². The molecule has 7 heteroatoms.